The van der Waals surface area contributed by atoms with E-state index >= 15 is 0 Å². The molecule has 1 N–H and O–H groups in total. The van der Waals surface area contributed by atoms with Crippen molar-refractivity contribution in [3.63, 3.8) is 0 Å². The first-order chi connectivity index (χ1) is 9.31. The predicted molar refractivity (Wildman–Crippen MR) is 80.7 cm³/mol. The molecule has 6 nitrogen and oxygen atoms in total. The van der Waals surface area contributed by atoms with Crippen LogP contribution in [0.1, 0.15) is 5.56 Å². The molecule has 0 aliphatic carbocycles. The number of phenolic OH excluding ortho intramolecular Hbond substituents is 1. The summed E-state index contributed by atoms with van der Waals surface area (Å²) >= 11 is 11.8. The number of carbonyl (C=O) groups excluding carboxylic acids is 1. The van der Waals surface area contributed by atoms with E-state index in [0.29, 0.717) is 4.32 Å². The smallest absolute Gasteiger partial charge is 0.312 e. The quantitative estimate of drug-likeness (QED) is 0.388. The van der Waals surface area contributed by atoms with E-state index in [4.69, 9.17) is 23.8 Å². The number of halogens is 1. The van der Waals surface area contributed by atoms with E-state index < -0.39 is 16.4 Å². The third-order valence-corrected chi connectivity index (χ3v) is 4.26. The van der Waals surface area contributed by atoms with Gasteiger partial charge < -0.3 is 5.11 Å². The van der Waals surface area contributed by atoms with Crippen LogP contribution < -0.4 is 0 Å². The molecule has 1 amide bonds. The number of nitro benzene ring substituents is 1. The van der Waals surface area contributed by atoms with Gasteiger partial charge in [-0.3, -0.25) is 19.8 Å². The minimum Gasteiger partial charge on any atom is -0.502 e. The summed E-state index contributed by atoms with van der Waals surface area (Å²) in [7, 11) is 1.53. The Morgan fingerprint density at radius 2 is 2.20 bits per heavy atom. The molecular weight excluding hydrogens is 324 g/mol. The fraction of sp³-hybridized carbons (Fsp3) is 0.0909. The molecule has 2 rings (SSSR count). The van der Waals surface area contributed by atoms with Crippen LogP contribution in [-0.2, 0) is 4.79 Å². The van der Waals surface area contributed by atoms with Crippen molar-refractivity contribution in [1.82, 2.24) is 4.90 Å². The van der Waals surface area contributed by atoms with Gasteiger partial charge in [0.1, 0.15) is 4.32 Å². The Morgan fingerprint density at radius 3 is 2.70 bits per heavy atom. The number of nitro groups is 1. The van der Waals surface area contributed by atoms with E-state index in [0.717, 1.165) is 17.8 Å². The summed E-state index contributed by atoms with van der Waals surface area (Å²) in [6, 6.07) is 2.38. The van der Waals surface area contributed by atoms with Gasteiger partial charge in [0.15, 0.2) is 0 Å². The number of hydrogen-bond donors (Lipinski definition) is 1. The molecule has 0 saturated carbocycles. The second kappa shape index (κ2) is 5.39. The van der Waals surface area contributed by atoms with Crippen LogP contribution in [0.15, 0.2) is 17.0 Å². The molecule has 20 heavy (non-hydrogen) atoms. The van der Waals surface area contributed by atoms with Crippen molar-refractivity contribution in [3.8, 4) is 5.75 Å². The van der Waals surface area contributed by atoms with Crippen LogP contribution in [0.2, 0.25) is 5.02 Å². The number of rotatable bonds is 2. The SMILES string of the molecule is CN1C(=O)/C(=C/c2cc(Cl)cc([N+](=O)[O-])c2O)SC1=S. The monoisotopic (exact) mass is 330 g/mol. The Bertz CT molecular complexity index is 675. The Morgan fingerprint density at radius 1 is 1.55 bits per heavy atom. The van der Waals surface area contributed by atoms with E-state index in [1.807, 2.05) is 0 Å². The number of likely N-dealkylation sites (N-methyl/N-ethyl adjacent to an activating group) is 1. The summed E-state index contributed by atoms with van der Waals surface area (Å²) < 4.78 is 0.372. The van der Waals surface area contributed by atoms with Gasteiger partial charge in [-0.1, -0.05) is 35.6 Å². The summed E-state index contributed by atoms with van der Waals surface area (Å²) in [6.07, 6.45) is 1.33. The first-order valence-electron chi connectivity index (χ1n) is 5.19. The molecule has 9 heteroatoms. The van der Waals surface area contributed by atoms with Gasteiger partial charge in [-0.25, -0.2) is 0 Å². The molecule has 0 atom stereocenters. The molecule has 1 aliphatic rings. The average Bonchev–Trinajstić information content (AvgIpc) is 2.61. The molecule has 1 aromatic carbocycles. The third-order valence-electron chi connectivity index (χ3n) is 2.55. The van der Waals surface area contributed by atoms with Crippen LogP contribution in [0.4, 0.5) is 5.69 Å². The number of carbonyl (C=O) groups is 1. The second-order valence-corrected chi connectivity index (χ2v) is 5.97. The first kappa shape index (κ1) is 14.8. The van der Waals surface area contributed by atoms with E-state index in [1.165, 1.54) is 24.1 Å². The lowest BCUT2D eigenvalue weighted by atomic mass is 10.1. The van der Waals surface area contributed by atoms with Crippen LogP contribution in [0, 0.1) is 10.1 Å². The van der Waals surface area contributed by atoms with Crippen molar-refractivity contribution >= 4 is 57.6 Å². The summed E-state index contributed by atoms with van der Waals surface area (Å²) in [5, 5.41) is 20.7. The molecule has 0 radical (unpaired) electrons. The van der Waals surface area contributed by atoms with Gasteiger partial charge in [-0.2, -0.15) is 0 Å². The zero-order valence-electron chi connectivity index (χ0n) is 9.99. The maximum Gasteiger partial charge on any atom is 0.312 e. The minimum atomic E-state index is -0.746. The Labute approximate surface area is 128 Å². The largest absolute Gasteiger partial charge is 0.502 e. The summed E-state index contributed by atoms with van der Waals surface area (Å²) in [4.78, 5) is 23.4. The maximum absolute atomic E-state index is 11.8. The molecule has 1 aromatic rings. The molecule has 0 bridgehead atoms. The van der Waals surface area contributed by atoms with E-state index in [-0.39, 0.29) is 21.4 Å². The molecule has 104 valence electrons. The molecular formula is C11H7ClN2O4S2. The normalized spacial score (nSPS) is 17.1. The van der Waals surface area contributed by atoms with Crippen LogP contribution in [-0.4, -0.2) is 32.2 Å². The highest BCUT2D eigenvalue weighted by atomic mass is 35.5. The van der Waals surface area contributed by atoms with Crippen LogP contribution in [0.25, 0.3) is 6.08 Å². The number of hydrogen-bond acceptors (Lipinski definition) is 6. The Kier molecular flexibility index (Phi) is 3.98. The predicted octanol–water partition coefficient (Wildman–Crippen LogP) is 2.78. The molecule has 0 unspecified atom stereocenters. The van der Waals surface area contributed by atoms with Crippen molar-refractivity contribution in [1.29, 1.82) is 0 Å². The number of benzene rings is 1. The Balaban J connectivity index is 2.52. The topological polar surface area (TPSA) is 83.7 Å². The van der Waals surface area contributed by atoms with Gasteiger partial charge in [0.25, 0.3) is 5.91 Å². The zero-order valence-corrected chi connectivity index (χ0v) is 12.4. The van der Waals surface area contributed by atoms with Crippen LogP contribution in [0.3, 0.4) is 0 Å². The van der Waals surface area contributed by atoms with E-state index in [1.54, 1.807) is 0 Å². The number of thiocarbonyl (C=S) groups is 1. The van der Waals surface area contributed by atoms with Gasteiger partial charge in [0.2, 0.25) is 5.75 Å². The summed E-state index contributed by atoms with van der Waals surface area (Å²) in [5.41, 5.74) is -0.422. The van der Waals surface area contributed by atoms with Gasteiger partial charge in [0, 0.05) is 23.7 Å². The molecule has 1 saturated heterocycles. The average molecular weight is 331 g/mol. The third kappa shape index (κ3) is 2.62. The van der Waals surface area contributed by atoms with Gasteiger partial charge in [-0.05, 0) is 12.1 Å². The first-order valence-corrected chi connectivity index (χ1v) is 6.80. The highest BCUT2D eigenvalue weighted by Crippen LogP contribution is 2.37. The maximum atomic E-state index is 11.8. The fourth-order valence-corrected chi connectivity index (χ4v) is 2.93. The number of amides is 1. The Hall–Kier alpha value is -1.64. The van der Waals surface area contributed by atoms with Gasteiger partial charge in [-0.15, -0.1) is 0 Å². The number of nitrogens with zero attached hydrogens (tertiary/aromatic N) is 2. The summed E-state index contributed by atoms with van der Waals surface area (Å²) in [5.74, 6) is -0.872. The second-order valence-electron chi connectivity index (χ2n) is 3.86. The van der Waals surface area contributed by atoms with Crippen molar-refractivity contribution in [2.24, 2.45) is 0 Å². The fourth-order valence-electron chi connectivity index (χ4n) is 1.54. The number of thioether (sulfide) groups is 1. The van der Waals surface area contributed by atoms with Crippen LogP contribution >= 0.6 is 35.6 Å². The van der Waals surface area contributed by atoms with Crippen molar-refractivity contribution in [2.45, 2.75) is 0 Å². The van der Waals surface area contributed by atoms with E-state index in [2.05, 4.69) is 0 Å². The zero-order chi connectivity index (χ0) is 15.0. The molecule has 1 fully saturated rings. The van der Waals surface area contributed by atoms with Crippen molar-refractivity contribution < 1.29 is 14.8 Å². The lowest BCUT2D eigenvalue weighted by Gasteiger charge is -2.04. The highest BCUT2D eigenvalue weighted by Gasteiger charge is 2.29. The van der Waals surface area contributed by atoms with Crippen molar-refractivity contribution in [3.05, 3.63) is 37.7 Å². The standard InChI is InChI=1S/C11H7ClN2O4S2/c1-13-10(16)8(20-11(13)19)3-5-2-6(12)4-7(9(5)15)14(17)18/h2-4,15H,1H3/b8-3-. The molecule has 0 spiro atoms. The molecule has 1 aliphatic heterocycles. The highest BCUT2D eigenvalue weighted by molar-refractivity contribution is 8.26. The van der Waals surface area contributed by atoms with E-state index in [9.17, 15) is 20.0 Å². The van der Waals surface area contributed by atoms with Gasteiger partial charge >= 0.3 is 5.69 Å². The number of phenols is 1. The number of aromatic hydroxyl groups is 1. The lowest BCUT2D eigenvalue weighted by Crippen LogP contribution is -2.22. The van der Waals surface area contributed by atoms with Crippen molar-refractivity contribution in [2.75, 3.05) is 7.05 Å². The minimum absolute atomic E-state index is 0.0905. The van der Waals surface area contributed by atoms with Gasteiger partial charge in [0.05, 0.1) is 9.83 Å². The van der Waals surface area contributed by atoms with Crippen LogP contribution in [0.5, 0.6) is 5.75 Å². The molecule has 0 aromatic heterocycles. The molecule has 1 heterocycles. The lowest BCUT2D eigenvalue weighted by molar-refractivity contribution is -0.385. The summed E-state index contributed by atoms with van der Waals surface area (Å²) in [6.45, 7) is 0.